The van der Waals surface area contributed by atoms with Crippen LogP contribution in [0.1, 0.15) is 24.0 Å². The number of nitrogens with one attached hydrogen (secondary N) is 1. The fourth-order valence-corrected chi connectivity index (χ4v) is 2.97. The van der Waals surface area contributed by atoms with E-state index in [9.17, 15) is 4.79 Å². The second-order valence-electron chi connectivity index (χ2n) is 6.89. The van der Waals surface area contributed by atoms with Crippen molar-refractivity contribution in [3.05, 3.63) is 59.7 Å². The van der Waals surface area contributed by atoms with Gasteiger partial charge in [0.1, 0.15) is 12.4 Å². The Bertz CT molecular complexity index is 811. The zero-order chi connectivity index (χ0) is 19.8. The van der Waals surface area contributed by atoms with Crippen LogP contribution in [0.25, 0.3) is 0 Å². The van der Waals surface area contributed by atoms with Gasteiger partial charge in [-0.1, -0.05) is 35.5 Å². The number of benzene rings is 2. The Labute approximate surface area is 166 Å². The van der Waals surface area contributed by atoms with Crippen molar-refractivity contribution in [1.29, 1.82) is 0 Å². The van der Waals surface area contributed by atoms with Crippen LogP contribution in [0.3, 0.4) is 0 Å². The molecule has 0 unspecified atom stereocenters. The summed E-state index contributed by atoms with van der Waals surface area (Å²) in [6.45, 7) is 6.19. The number of carbonyl (C=O) groups excluding carboxylic acids is 1. The van der Waals surface area contributed by atoms with Crippen molar-refractivity contribution >= 4 is 17.4 Å². The molecule has 1 saturated heterocycles. The van der Waals surface area contributed by atoms with Gasteiger partial charge < -0.3 is 19.8 Å². The van der Waals surface area contributed by atoms with E-state index in [4.69, 9.17) is 9.57 Å². The number of ether oxygens (including phenoxy) is 1. The fourth-order valence-electron chi connectivity index (χ4n) is 2.97. The topological polar surface area (TPSA) is 63.2 Å². The average molecular weight is 381 g/mol. The van der Waals surface area contributed by atoms with Crippen LogP contribution in [0.4, 0.5) is 10.5 Å². The molecule has 3 rings (SSSR count). The molecule has 2 amide bonds. The zero-order valence-electron chi connectivity index (χ0n) is 16.5. The molecule has 6 heteroatoms. The van der Waals surface area contributed by atoms with E-state index < -0.39 is 0 Å². The average Bonchev–Trinajstić information content (AvgIpc) is 2.71. The van der Waals surface area contributed by atoms with Gasteiger partial charge in [-0.2, -0.15) is 0 Å². The van der Waals surface area contributed by atoms with Crippen LogP contribution in [0.5, 0.6) is 5.75 Å². The number of anilines is 1. The molecule has 1 N–H and O–H groups in total. The van der Waals surface area contributed by atoms with Crippen LogP contribution in [0.15, 0.2) is 53.7 Å². The summed E-state index contributed by atoms with van der Waals surface area (Å²) in [4.78, 5) is 19.5. The molecule has 0 spiro atoms. The van der Waals surface area contributed by atoms with Crippen molar-refractivity contribution in [1.82, 2.24) is 4.90 Å². The Balaban J connectivity index is 1.36. The van der Waals surface area contributed by atoms with Gasteiger partial charge in [0.2, 0.25) is 0 Å². The number of likely N-dealkylation sites (tertiary alicyclic amines) is 1. The Morgan fingerprint density at radius 2 is 1.82 bits per heavy atom. The number of carbonyl (C=O) groups is 1. The lowest BCUT2D eigenvalue weighted by molar-refractivity contribution is 0.105. The summed E-state index contributed by atoms with van der Waals surface area (Å²) in [6.07, 6.45) is 1.44. The van der Waals surface area contributed by atoms with Crippen LogP contribution in [0, 0.1) is 13.8 Å². The highest BCUT2D eigenvalue weighted by Gasteiger charge is 2.20. The van der Waals surface area contributed by atoms with E-state index in [-0.39, 0.29) is 6.03 Å². The predicted molar refractivity (Wildman–Crippen MR) is 111 cm³/mol. The smallest absolute Gasteiger partial charge is 0.321 e. The van der Waals surface area contributed by atoms with Crippen molar-refractivity contribution in [3.8, 4) is 5.75 Å². The number of hydrogen-bond acceptors (Lipinski definition) is 4. The SMILES string of the molecule is Cc1ccc(C)c(OCCON=C2CCN(C(=O)Nc3ccccc3)CC2)c1. The van der Waals surface area contributed by atoms with E-state index in [0.29, 0.717) is 26.3 Å². The molecule has 0 saturated carbocycles. The van der Waals surface area contributed by atoms with Crippen LogP contribution >= 0.6 is 0 Å². The molecule has 1 aliphatic rings. The molecule has 0 atom stereocenters. The number of amides is 2. The number of oxime groups is 1. The minimum Gasteiger partial charge on any atom is -0.490 e. The maximum atomic E-state index is 12.3. The van der Waals surface area contributed by atoms with Gasteiger partial charge in [-0.15, -0.1) is 0 Å². The Morgan fingerprint density at radius 1 is 1.07 bits per heavy atom. The third-order valence-corrected chi connectivity index (χ3v) is 4.62. The Hall–Kier alpha value is -3.02. The molecule has 1 heterocycles. The Morgan fingerprint density at radius 3 is 2.57 bits per heavy atom. The normalized spacial score (nSPS) is 13.8. The first-order valence-corrected chi connectivity index (χ1v) is 9.60. The number of urea groups is 1. The molecule has 28 heavy (non-hydrogen) atoms. The highest BCUT2D eigenvalue weighted by molar-refractivity contribution is 5.92. The van der Waals surface area contributed by atoms with Gasteiger partial charge in [0.25, 0.3) is 0 Å². The maximum absolute atomic E-state index is 12.3. The minimum absolute atomic E-state index is 0.0758. The second-order valence-corrected chi connectivity index (χ2v) is 6.89. The quantitative estimate of drug-likeness (QED) is 0.596. The molecule has 6 nitrogen and oxygen atoms in total. The first-order valence-electron chi connectivity index (χ1n) is 9.60. The van der Waals surface area contributed by atoms with E-state index in [1.807, 2.05) is 56.3 Å². The minimum atomic E-state index is -0.0758. The molecule has 2 aromatic carbocycles. The van der Waals surface area contributed by atoms with Crippen LogP contribution in [-0.2, 0) is 4.84 Å². The van der Waals surface area contributed by atoms with Gasteiger partial charge in [-0.3, -0.25) is 0 Å². The molecule has 2 aromatic rings. The molecule has 0 bridgehead atoms. The molecule has 0 radical (unpaired) electrons. The monoisotopic (exact) mass is 381 g/mol. The van der Waals surface area contributed by atoms with E-state index >= 15 is 0 Å². The fraction of sp³-hybridized carbons (Fsp3) is 0.364. The summed E-state index contributed by atoms with van der Waals surface area (Å²) in [5.74, 6) is 0.883. The summed E-state index contributed by atoms with van der Waals surface area (Å²) in [5, 5.41) is 7.12. The number of rotatable bonds is 6. The number of nitrogens with zero attached hydrogens (tertiary/aromatic N) is 2. The summed E-state index contributed by atoms with van der Waals surface area (Å²) in [6, 6.07) is 15.5. The van der Waals surface area contributed by atoms with Gasteiger partial charge >= 0.3 is 6.03 Å². The third-order valence-electron chi connectivity index (χ3n) is 4.62. The first kappa shape index (κ1) is 19.7. The highest BCUT2D eigenvalue weighted by atomic mass is 16.6. The van der Waals surface area contributed by atoms with Crippen molar-refractivity contribution in [2.24, 2.45) is 5.16 Å². The van der Waals surface area contributed by atoms with Gasteiger partial charge in [-0.25, -0.2) is 4.79 Å². The molecule has 0 aromatic heterocycles. The van der Waals surface area contributed by atoms with Crippen molar-refractivity contribution in [2.75, 3.05) is 31.6 Å². The largest absolute Gasteiger partial charge is 0.490 e. The van der Waals surface area contributed by atoms with Crippen molar-refractivity contribution in [3.63, 3.8) is 0 Å². The van der Waals surface area contributed by atoms with E-state index in [0.717, 1.165) is 35.6 Å². The van der Waals surface area contributed by atoms with Crippen LogP contribution in [0.2, 0.25) is 0 Å². The molecule has 1 fully saturated rings. The molecule has 0 aliphatic carbocycles. The predicted octanol–water partition coefficient (Wildman–Crippen LogP) is 4.38. The second kappa shape index (κ2) is 9.78. The molecule has 148 valence electrons. The highest BCUT2D eigenvalue weighted by Crippen LogP contribution is 2.19. The number of para-hydroxylation sites is 1. The lowest BCUT2D eigenvalue weighted by atomic mass is 10.1. The third kappa shape index (κ3) is 5.74. The molecular formula is C22H27N3O3. The lowest BCUT2D eigenvalue weighted by Gasteiger charge is -2.27. The van der Waals surface area contributed by atoms with Gasteiger partial charge in [0, 0.05) is 31.6 Å². The van der Waals surface area contributed by atoms with Gasteiger partial charge in [-0.05, 0) is 43.2 Å². The standard InChI is InChI=1S/C22H27N3O3/c1-17-8-9-18(2)21(16-17)27-14-15-28-24-20-10-12-25(13-11-20)22(26)23-19-6-4-3-5-7-19/h3-9,16H,10-15H2,1-2H3,(H,23,26). The number of hydrogen-bond donors (Lipinski definition) is 1. The Kier molecular flexibility index (Phi) is 6.89. The van der Waals surface area contributed by atoms with E-state index in [1.165, 1.54) is 5.56 Å². The van der Waals surface area contributed by atoms with E-state index in [2.05, 4.69) is 16.5 Å². The van der Waals surface area contributed by atoms with Crippen LogP contribution < -0.4 is 10.1 Å². The van der Waals surface area contributed by atoms with Gasteiger partial charge in [0.05, 0.1) is 5.71 Å². The molecular weight excluding hydrogens is 354 g/mol. The summed E-state index contributed by atoms with van der Waals surface area (Å²) < 4.78 is 5.76. The van der Waals surface area contributed by atoms with Crippen molar-refractivity contribution in [2.45, 2.75) is 26.7 Å². The number of piperidine rings is 1. The summed E-state index contributed by atoms with van der Waals surface area (Å²) in [7, 11) is 0. The summed E-state index contributed by atoms with van der Waals surface area (Å²) >= 11 is 0. The lowest BCUT2D eigenvalue weighted by Crippen LogP contribution is -2.41. The van der Waals surface area contributed by atoms with E-state index in [1.54, 1.807) is 4.90 Å². The zero-order valence-corrected chi connectivity index (χ0v) is 16.5. The molecule has 1 aliphatic heterocycles. The van der Waals surface area contributed by atoms with Gasteiger partial charge in [0.15, 0.2) is 6.61 Å². The number of aryl methyl sites for hydroxylation is 2. The van der Waals surface area contributed by atoms with Crippen LogP contribution in [-0.4, -0.2) is 42.9 Å². The van der Waals surface area contributed by atoms with Crippen molar-refractivity contribution < 1.29 is 14.4 Å². The first-order chi connectivity index (χ1) is 13.6. The maximum Gasteiger partial charge on any atom is 0.321 e. The summed E-state index contributed by atoms with van der Waals surface area (Å²) in [5.41, 5.74) is 4.07.